The van der Waals surface area contributed by atoms with Crippen molar-refractivity contribution < 1.29 is 89.9 Å². The minimum Gasteiger partial charge on any atom is -0.756 e. The van der Waals surface area contributed by atoms with Gasteiger partial charge < -0.3 is 52.0 Å². The number of ether oxygens (including phenoxy) is 9. The third kappa shape index (κ3) is 17.5. The van der Waals surface area contributed by atoms with Gasteiger partial charge in [0.25, 0.3) is 7.82 Å². The van der Waals surface area contributed by atoms with E-state index in [0.29, 0.717) is 12.8 Å². The van der Waals surface area contributed by atoms with Gasteiger partial charge in [-0.15, -0.1) is 6.58 Å². The average molecular weight is 1170 g/mol. The Morgan fingerprint density at radius 2 is 0.798 bits per heavy atom. The van der Waals surface area contributed by atoms with Gasteiger partial charge in [0.15, 0.2) is 36.8 Å². The first kappa shape index (κ1) is 61.9. The van der Waals surface area contributed by atoms with E-state index in [1.165, 1.54) is 79.7 Å². The van der Waals surface area contributed by atoms with E-state index in [-0.39, 0.29) is 40.0 Å². The highest BCUT2D eigenvalue weighted by molar-refractivity contribution is 7.45. The maximum atomic E-state index is 14.6. The first-order valence-corrected chi connectivity index (χ1v) is 29.0. The fraction of sp³-hybridized carbons (Fsp3) is 0.312. The van der Waals surface area contributed by atoms with Crippen molar-refractivity contribution >= 4 is 43.6 Å². The highest BCUT2D eigenvalue weighted by atomic mass is 31.2. The van der Waals surface area contributed by atoms with Crippen LogP contribution in [-0.4, -0.2) is 110 Å². The molecule has 8 rings (SSSR count). The maximum absolute atomic E-state index is 14.6. The van der Waals surface area contributed by atoms with Crippen molar-refractivity contribution in [2.45, 2.75) is 113 Å². The van der Waals surface area contributed by atoms with Crippen molar-refractivity contribution in [3.05, 3.63) is 228 Å². The lowest BCUT2D eigenvalue weighted by atomic mass is 9.96. The van der Waals surface area contributed by atoms with Crippen LogP contribution < -0.4 is 4.89 Å². The number of phosphoric ester groups is 1. The summed E-state index contributed by atoms with van der Waals surface area (Å²) in [6, 6.07) is 46.3. The average Bonchev–Trinajstić information content (AvgIpc) is 2.21. The lowest BCUT2D eigenvalue weighted by Gasteiger charge is -2.49. The molecule has 2 aliphatic rings. The van der Waals surface area contributed by atoms with Gasteiger partial charge in [-0.05, 0) is 99.0 Å². The van der Waals surface area contributed by atoms with Crippen LogP contribution in [0, 0.1) is 0 Å². The Bertz CT molecular complexity index is 3140. The molecule has 2 heterocycles. The monoisotopic (exact) mass is 1170 g/mol. The SMILES string of the molecule is C=CCCCCCCCCOP(=O)([O-])O[C@H]1O[C@H](COC(=O)c2ccccc2)[C@@H](O[C@H]2O[C@H](C)[C@H](OC(=O)c3ccccc3)[C@H](OC(=O)c3ccccc3)[C@H]2OC(=O)c2ccccc2)[C@H](OC(=O)c2ccccc2)[C@@H]1OC(=O)c1ccccc1. The number of unbranched alkanes of at least 4 members (excludes halogenated alkanes) is 6. The van der Waals surface area contributed by atoms with E-state index in [1.54, 1.807) is 109 Å². The van der Waals surface area contributed by atoms with Gasteiger partial charge in [-0.25, -0.2) is 28.8 Å². The zero-order valence-corrected chi connectivity index (χ0v) is 46.8. The van der Waals surface area contributed by atoms with Gasteiger partial charge in [-0.2, -0.15) is 0 Å². The largest absolute Gasteiger partial charge is 0.756 e. The van der Waals surface area contributed by atoms with Crippen LogP contribution in [-0.2, 0) is 56.2 Å². The summed E-state index contributed by atoms with van der Waals surface area (Å²) in [7, 11) is -5.46. The third-order valence-corrected chi connectivity index (χ3v) is 14.5. The summed E-state index contributed by atoms with van der Waals surface area (Å²) in [5.41, 5.74) is 0.184. The molecule has 0 bridgehead atoms. The van der Waals surface area contributed by atoms with Crippen LogP contribution >= 0.6 is 7.82 Å². The van der Waals surface area contributed by atoms with Crippen molar-refractivity contribution in [2.24, 2.45) is 0 Å². The highest BCUT2D eigenvalue weighted by Gasteiger charge is 2.58. The molecule has 0 saturated carbocycles. The maximum Gasteiger partial charge on any atom is 0.338 e. The molecule has 0 aliphatic carbocycles. The summed E-state index contributed by atoms with van der Waals surface area (Å²) in [4.78, 5) is 99.4. The van der Waals surface area contributed by atoms with Crippen molar-refractivity contribution in [2.75, 3.05) is 13.2 Å². The molecule has 0 amide bonds. The summed E-state index contributed by atoms with van der Waals surface area (Å²) in [6.07, 6.45) is -11.2. The van der Waals surface area contributed by atoms with E-state index in [4.69, 9.17) is 51.7 Å². The molecule has 1 unspecified atom stereocenters. The van der Waals surface area contributed by atoms with Gasteiger partial charge in [-0.1, -0.05) is 141 Å². The zero-order valence-electron chi connectivity index (χ0n) is 45.9. The zero-order chi connectivity index (χ0) is 59.3. The normalized spacial score (nSPS) is 22.6. The standard InChI is InChI=1S/C64H65O19P/c1-3-4-5-6-7-8-9-28-41-74-84(71,72)83-64-56(81-62(70)49-39-26-15-27-40-49)54(79-60(68)47-35-22-13-23-36-47)52(50(76-64)42-73-57(65)44-29-16-10-17-30-44)82-63-55(80-61(69)48-37-24-14-25-38-48)53(78-59(67)46-33-20-12-21-34-46)51(43(2)75-63)77-58(66)45-31-18-11-19-32-45/h3,10-27,29-40,43,50-56,63-64H,1,4-9,28,41-42H2,2H3,(H,71,72)/p-1/t43-,50-,51+,52-,53+,54+,55-,56+,63-,64-/m1/s1. The second-order valence-electron chi connectivity index (χ2n) is 19.6. The molecular weight excluding hydrogens is 1100 g/mol. The van der Waals surface area contributed by atoms with Gasteiger partial charge >= 0.3 is 35.8 Å². The van der Waals surface area contributed by atoms with E-state index < -0.39 is 112 Å². The van der Waals surface area contributed by atoms with Crippen molar-refractivity contribution in [1.82, 2.24) is 0 Å². The number of carbonyl (C=O) groups excluding carboxylic acids is 6. The molecule has 84 heavy (non-hydrogen) atoms. The molecule has 20 heteroatoms. The van der Waals surface area contributed by atoms with Gasteiger partial charge in [0.05, 0.1) is 46.1 Å². The predicted molar refractivity (Wildman–Crippen MR) is 300 cm³/mol. The lowest BCUT2D eigenvalue weighted by molar-refractivity contribution is -0.351. The molecule has 11 atom stereocenters. The van der Waals surface area contributed by atoms with Gasteiger partial charge in [0, 0.05) is 0 Å². The van der Waals surface area contributed by atoms with E-state index in [2.05, 4.69) is 6.58 Å². The van der Waals surface area contributed by atoms with Crippen LogP contribution in [0.15, 0.2) is 195 Å². The highest BCUT2D eigenvalue weighted by Crippen LogP contribution is 2.45. The first-order chi connectivity index (χ1) is 40.8. The fourth-order valence-electron chi connectivity index (χ4n) is 9.26. The Balaban J connectivity index is 1.23. The molecule has 6 aromatic carbocycles. The molecule has 2 aliphatic heterocycles. The summed E-state index contributed by atoms with van der Waals surface area (Å²) in [6.45, 7) is 4.09. The summed E-state index contributed by atoms with van der Waals surface area (Å²) < 4.78 is 81.7. The Morgan fingerprint density at radius 3 is 1.21 bits per heavy atom. The quantitative estimate of drug-likeness (QED) is 0.0153. The van der Waals surface area contributed by atoms with Gasteiger partial charge in [-0.3, -0.25) is 9.09 Å². The molecule has 440 valence electrons. The summed E-state index contributed by atoms with van der Waals surface area (Å²) >= 11 is 0. The smallest absolute Gasteiger partial charge is 0.338 e. The van der Waals surface area contributed by atoms with Crippen molar-refractivity contribution in [3.63, 3.8) is 0 Å². The van der Waals surface area contributed by atoms with Gasteiger partial charge in [0.2, 0.25) is 6.29 Å². The number of allylic oxidation sites excluding steroid dienone is 1. The molecule has 19 nitrogen and oxygen atoms in total. The van der Waals surface area contributed by atoms with Crippen LogP contribution in [0.5, 0.6) is 0 Å². The first-order valence-electron chi connectivity index (χ1n) is 27.5. The minimum atomic E-state index is -5.46. The summed E-state index contributed by atoms with van der Waals surface area (Å²) in [5, 5.41) is 0. The van der Waals surface area contributed by atoms with Crippen LogP contribution in [0.2, 0.25) is 0 Å². The topological polar surface area (TPSA) is 244 Å². The number of phosphoric acid groups is 1. The van der Waals surface area contributed by atoms with Crippen LogP contribution in [0.1, 0.15) is 114 Å². The van der Waals surface area contributed by atoms with Crippen LogP contribution in [0.3, 0.4) is 0 Å². The Labute approximate surface area is 486 Å². The molecule has 0 N–H and O–H groups in total. The third-order valence-electron chi connectivity index (χ3n) is 13.5. The van der Waals surface area contributed by atoms with Crippen molar-refractivity contribution in [3.8, 4) is 0 Å². The molecule has 0 spiro atoms. The molecular formula is C64H64O19P-. The number of esters is 6. The molecule has 0 aromatic heterocycles. The number of hydrogen-bond acceptors (Lipinski definition) is 19. The molecule has 2 fully saturated rings. The van der Waals surface area contributed by atoms with Crippen LogP contribution in [0.4, 0.5) is 0 Å². The second-order valence-corrected chi connectivity index (χ2v) is 20.9. The van der Waals surface area contributed by atoms with Crippen LogP contribution in [0.25, 0.3) is 0 Å². The molecule has 2 saturated heterocycles. The van der Waals surface area contributed by atoms with Gasteiger partial charge in [0.1, 0.15) is 18.8 Å². The number of hydrogen-bond donors (Lipinski definition) is 0. The molecule has 0 radical (unpaired) electrons. The Kier molecular flexibility index (Phi) is 22.8. The number of carbonyl (C=O) groups is 6. The van der Waals surface area contributed by atoms with E-state index in [0.717, 1.165) is 32.1 Å². The van der Waals surface area contributed by atoms with Crippen molar-refractivity contribution in [1.29, 1.82) is 0 Å². The summed E-state index contributed by atoms with van der Waals surface area (Å²) in [5.74, 6) is -5.85. The number of rotatable bonds is 27. The van der Waals surface area contributed by atoms with E-state index in [9.17, 15) is 38.2 Å². The number of benzene rings is 6. The second kappa shape index (κ2) is 31.0. The Hall–Kier alpha value is -8.13. The predicted octanol–water partition coefficient (Wildman–Crippen LogP) is 10.2. The molecule has 6 aromatic rings. The minimum absolute atomic E-state index is 0.0126. The Morgan fingerprint density at radius 1 is 0.452 bits per heavy atom. The van der Waals surface area contributed by atoms with E-state index >= 15 is 0 Å². The fourth-order valence-corrected chi connectivity index (χ4v) is 10.1. The lowest BCUT2D eigenvalue weighted by Crippen LogP contribution is -2.66. The van der Waals surface area contributed by atoms with E-state index in [1.807, 2.05) is 6.08 Å².